The largest absolute Gasteiger partial charge is 0.497 e. The molecule has 7 heteroatoms. The van der Waals surface area contributed by atoms with Gasteiger partial charge >= 0.3 is 7.12 Å². The van der Waals surface area contributed by atoms with Crippen LogP contribution in [0.25, 0.3) is 0 Å². The van der Waals surface area contributed by atoms with E-state index in [9.17, 15) is 10.1 Å². The molecule has 0 unspecified atom stereocenters. The number of hydrogen-bond acceptors (Lipinski definition) is 6. The minimum atomic E-state index is -1.27. The maximum absolute atomic E-state index is 10.2. The maximum Gasteiger partial charge on any atom is 0.497 e. The van der Waals surface area contributed by atoms with Crippen LogP contribution in [0.4, 0.5) is 5.82 Å². The fourth-order valence-electron chi connectivity index (χ4n) is 1.63. The van der Waals surface area contributed by atoms with Gasteiger partial charge in [-0.2, -0.15) is 0 Å². The van der Waals surface area contributed by atoms with Crippen molar-refractivity contribution in [1.29, 1.82) is 0 Å². The van der Waals surface area contributed by atoms with E-state index in [1.54, 1.807) is 27.7 Å². The van der Waals surface area contributed by atoms with Gasteiger partial charge in [0.15, 0.2) is 0 Å². The smallest absolute Gasteiger partial charge is 0.423 e. The summed E-state index contributed by atoms with van der Waals surface area (Å²) in [5.41, 5.74) is 4.12. The molecular weight excluding hydrogens is 257 g/mol. The Morgan fingerprint density at radius 2 is 1.95 bits per heavy atom. The molecule has 0 radical (unpaired) electrons. The predicted molar refractivity (Wildman–Crippen MR) is 77.5 cm³/mol. The molecule has 0 aromatic carbocycles. The van der Waals surface area contributed by atoms with E-state index in [2.05, 4.69) is 9.97 Å². The second kappa shape index (κ2) is 4.98. The van der Waals surface area contributed by atoms with Gasteiger partial charge in [-0.1, -0.05) is 0 Å². The molecule has 1 saturated carbocycles. The lowest BCUT2D eigenvalue weighted by molar-refractivity contribution is -0.0982. The first-order valence-corrected chi connectivity index (χ1v) is 6.82. The Labute approximate surface area is 119 Å². The number of rotatable bonds is 5. The van der Waals surface area contributed by atoms with E-state index in [0.717, 1.165) is 18.7 Å². The molecule has 0 spiro atoms. The van der Waals surface area contributed by atoms with Gasteiger partial charge in [-0.3, -0.25) is 0 Å². The molecule has 0 bridgehead atoms. The highest BCUT2D eigenvalue weighted by Crippen LogP contribution is 2.37. The molecule has 20 heavy (non-hydrogen) atoms. The van der Waals surface area contributed by atoms with Gasteiger partial charge in [-0.05, 0) is 40.5 Å². The molecule has 1 fully saturated rings. The third-order valence-corrected chi connectivity index (χ3v) is 3.95. The zero-order valence-corrected chi connectivity index (χ0v) is 12.4. The summed E-state index contributed by atoms with van der Waals surface area (Å²) in [6.45, 7) is 6.64. The van der Waals surface area contributed by atoms with Crippen molar-refractivity contribution in [3.63, 3.8) is 0 Å². The lowest BCUT2D eigenvalue weighted by Crippen LogP contribution is -2.53. The molecule has 1 aromatic rings. The van der Waals surface area contributed by atoms with Crippen LogP contribution in [0.2, 0.25) is 0 Å². The average Bonchev–Trinajstić information content (AvgIpc) is 3.09. The van der Waals surface area contributed by atoms with Gasteiger partial charge < -0.3 is 20.5 Å². The normalized spacial score (nSPS) is 16.3. The van der Waals surface area contributed by atoms with Crippen LogP contribution in [0.5, 0.6) is 0 Å². The van der Waals surface area contributed by atoms with Crippen LogP contribution in [0.3, 0.4) is 0 Å². The average molecular weight is 279 g/mol. The molecule has 1 aliphatic carbocycles. The van der Waals surface area contributed by atoms with Crippen LogP contribution in [0.1, 0.15) is 52.3 Å². The molecule has 0 aliphatic heterocycles. The summed E-state index contributed by atoms with van der Waals surface area (Å²) >= 11 is 0. The summed E-state index contributed by atoms with van der Waals surface area (Å²) < 4.78 is 5.53. The lowest BCUT2D eigenvalue weighted by atomic mass is 9.77. The molecule has 1 aliphatic rings. The number of aromatic nitrogens is 2. The number of anilines is 1. The number of nitrogens with zero attached hydrogens (tertiary/aromatic N) is 2. The monoisotopic (exact) mass is 279 g/mol. The molecule has 2 rings (SSSR count). The Morgan fingerprint density at radius 3 is 2.40 bits per heavy atom. The molecule has 6 nitrogen and oxygen atoms in total. The standard InChI is InChI=1S/C13H22BN3O3/c1-12(2,18)13(3,4)20-14(19)9-7-16-11(8-5-6-8)17-10(9)15/h7-8,18-19H,5-6H2,1-4H3,(H2,15,16,17). The zero-order chi connectivity index (χ0) is 15.1. The minimum absolute atomic E-state index is 0.223. The van der Waals surface area contributed by atoms with E-state index in [0.29, 0.717) is 11.4 Å². The number of hydrogen-bond donors (Lipinski definition) is 3. The van der Waals surface area contributed by atoms with E-state index in [1.807, 2.05) is 0 Å². The van der Waals surface area contributed by atoms with E-state index in [4.69, 9.17) is 10.4 Å². The summed E-state index contributed by atoms with van der Waals surface area (Å²) in [6, 6.07) is 0. The number of nitrogen functional groups attached to an aromatic ring is 1. The predicted octanol–water partition coefficient (Wildman–Crippen LogP) is 0.190. The molecule has 110 valence electrons. The summed E-state index contributed by atoms with van der Waals surface area (Å²) in [5.74, 6) is 1.35. The van der Waals surface area contributed by atoms with E-state index < -0.39 is 18.3 Å². The maximum atomic E-state index is 10.2. The Morgan fingerprint density at radius 1 is 1.35 bits per heavy atom. The van der Waals surface area contributed by atoms with Crippen LogP contribution >= 0.6 is 0 Å². The van der Waals surface area contributed by atoms with Crippen LogP contribution < -0.4 is 11.2 Å². The third-order valence-electron chi connectivity index (χ3n) is 3.95. The van der Waals surface area contributed by atoms with E-state index in [-0.39, 0.29) is 5.82 Å². The highest BCUT2D eigenvalue weighted by molar-refractivity contribution is 6.61. The van der Waals surface area contributed by atoms with Crippen molar-refractivity contribution >= 4 is 18.4 Å². The molecular formula is C13H22BN3O3. The van der Waals surface area contributed by atoms with Crippen molar-refractivity contribution in [3.05, 3.63) is 12.0 Å². The Hall–Kier alpha value is -1.18. The Bertz CT molecular complexity index is 498. The summed E-state index contributed by atoms with van der Waals surface area (Å²) in [6.07, 6.45) is 3.67. The fourth-order valence-corrected chi connectivity index (χ4v) is 1.63. The van der Waals surface area contributed by atoms with Gasteiger partial charge in [0, 0.05) is 17.6 Å². The van der Waals surface area contributed by atoms with Gasteiger partial charge in [-0.25, -0.2) is 9.97 Å². The second-order valence-electron chi connectivity index (χ2n) is 6.38. The Balaban J connectivity index is 2.15. The number of aliphatic hydroxyl groups is 1. The van der Waals surface area contributed by atoms with Crippen molar-refractivity contribution in [1.82, 2.24) is 9.97 Å². The summed E-state index contributed by atoms with van der Waals surface area (Å²) in [7, 11) is -1.27. The molecule has 4 N–H and O–H groups in total. The first-order valence-electron chi connectivity index (χ1n) is 6.82. The van der Waals surface area contributed by atoms with Crippen LogP contribution in [-0.4, -0.2) is 38.4 Å². The van der Waals surface area contributed by atoms with Crippen molar-refractivity contribution in [2.75, 3.05) is 5.73 Å². The Kier molecular flexibility index (Phi) is 3.79. The first-order chi connectivity index (χ1) is 9.12. The van der Waals surface area contributed by atoms with Crippen molar-refractivity contribution in [2.24, 2.45) is 0 Å². The van der Waals surface area contributed by atoms with E-state index >= 15 is 0 Å². The van der Waals surface area contributed by atoms with E-state index in [1.165, 1.54) is 6.20 Å². The van der Waals surface area contributed by atoms with Crippen molar-refractivity contribution < 1.29 is 14.8 Å². The van der Waals surface area contributed by atoms with Gasteiger partial charge in [0.2, 0.25) is 0 Å². The number of nitrogens with two attached hydrogens (primary N) is 1. The van der Waals surface area contributed by atoms with Crippen molar-refractivity contribution in [3.8, 4) is 0 Å². The fraction of sp³-hybridized carbons (Fsp3) is 0.692. The second-order valence-corrected chi connectivity index (χ2v) is 6.38. The van der Waals surface area contributed by atoms with Gasteiger partial charge in [-0.15, -0.1) is 0 Å². The van der Waals surface area contributed by atoms with Gasteiger partial charge in [0.25, 0.3) is 0 Å². The van der Waals surface area contributed by atoms with Crippen LogP contribution in [0.15, 0.2) is 6.20 Å². The summed E-state index contributed by atoms with van der Waals surface area (Å²) in [5, 5.41) is 20.2. The molecule has 0 amide bonds. The zero-order valence-electron chi connectivity index (χ0n) is 12.4. The topological polar surface area (TPSA) is 101 Å². The van der Waals surface area contributed by atoms with Gasteiger partial charge in [0.1, 0.15) is 11.6 Å². The lowest BCUT2D eigenvalue weighted by Gasteiger charge is -2.38. The third kappa shape index (κ3) is 3.11. The highest BCUT2D eigenvalue weighted by atomic mass is 16.5. The summed E-state index contributed by atoms with van der Waals surface area (Å²) in [4.78, 5) is 8.43. The molecule has 0 atom stereocenters. The van der Waals surface area contributed by atoms with Crippen LogP contribution in [-0.2, 0) is 4.65 Å². The minimum Gasteiger partial charge on any atom is -0.423 e. The first kappa shape index (κ1) is 15.2. The highest BCUT2D eigenvalue weighted by Gasteiger charge is 2.40. The van der Waals surface area contributed by atoms with Crippen LogP contribution in [0, 0.1) is 0 Å². The van der Waals surface area contributed by atoms with Crippen molar-refractivity contribution in [2.45, 2.75) is 57.7 Å². The molecule has 1 aromatic heterocycles. The van der Waals surface area contributed by atoms with Gasteiger partial charge in [0.05, 0.1) is 11.2 Å². The quantitative estimate of drug-likeness (QED) is 0.665. The SMILES string of the molecule is CC(C)(O)C(C)(C)OB(O)c1cnc(C2CC2)nc1N. The molecule has 0 saturated heterocycles. The molecule has 1 heterocycles.